The molecule has 3 fully saturated rings. The van der Waals surface area contributed by atoms with Gasteiger partial charge in [0.25, 0.3) is 0 Å². The molecule has 19 nitrogen and oxygen atoms in total. The van der Waals surface area contributed by atoms with Crippen molar-refractivity contribution in [3.63, 3.8) is 0 Å². The fourth-order valence-corrected chi connectivity index (χ4v) is 11.5. The van der Waals surface area contributed by atoms with Crippen molar-refractivity contribution in [2.24, 2.45) is 22.9 Å². The number of halogens is 1. The first-order chi connectivity index (χ1) is 33.3. The summed E-state index contributed by atoms with van der Waals surface area (Å²) in [6, 6.07) is 6.98. The molecule has 20 heteroatoms. The minimum Gasteiger partial charge on any atom is -0.459 e. The van der Waals surface area contributed by atoms with Crippen molar-refractivity contribution >= 4 is 27.6 Å². The number of hydrogen-bond acceptors (Lipinski definition) is 18. The van der Waals surface area contributed by atoms with E-state index in [4.69, 9.17) is 33.3 Å². The second-order valence-corrected chi connectivity index (χ2v) is 22.8. The number of oxime groups is 1. The Hall–Kier alpha value is -2.70. The molecule has 4 aliphatic rings. The quantitative estimate of drug-likeness (QED) is 0.178. The number of hydrogen-bond donors (Lipinski definition) is 5. The zero-order valence-electron chi connectivity index (χ0n) is 44.1. The Balaban J connectivity index is 1.23. The molecule has 71 heavy (non-hydrogen) atoms. The lowest BCUT2D eigenvalue weighted by molar-refractivity contribution is -0.318. The molecule has 0 bridgehead atoms. The van der Waals surface area contributed by atoms with Crippen LogP contribution in [0.25, 0.3) is 0 Å². The van der Waals surface area contributed by atoms with Crippen LogP contribution in [0.5, 0.6) is 0 Å². The van der Waals surface area contributed by atoms with Crippen LogP contribution in [-0.4, -0.2) is 193 Å². The summed E-state index contributed by atoms with van der Waals surface area (Å²) >= 11 is 3.48. The van der Waals surface area contributed by atoms with Crippen LogP contribution in [0.15, 0.2) is 40.1 Å². The van der Waals surface area contributed by atoms with Gasteiger partial charge >= 0.3 is 5.97 Å². The molecule has 4 aliphatic heterocycles. The molecule has 0 aliphatic carbocycles. The third-order valence-corrected chi connectivity index (χ3v) is 16.2. The normalized spacial score (nSPS) is 41.5. The highest BCUT2D eigenvalue weighted by Crippen LogP contribution is 2.40. The van der Waals surface area contributed by atoms with E-state index in [-0.39, 0.29) is 37.4 Å². The third-order valence-electron chi connectivity index (χ3n) is 15.7. The number of aliphatic hydroxyl groups excluding tert-OH is 3. The van der Waals surface area contributed by atoms with Gasteiger partial charge in [-0.05, 0) is 105 Å². The average molecular weight is 1070 g/mol. The van der Waals surface area contributed by atoms with Gasteiger partial charge in [-0.1, -0.05) is 59.2 Å². The molecule has 0 saturated carbocycles. The summed E-state index contributed by atoms with van der Waals surface area (Å²) in [6.07, 6.45) is -6.10. The third kappa shape index (κ3) is 13.6. The fraction of sp³-hybridized carbons (Fsp3) is 0.804. The van der Waals surface area contributed by atoms with Crippen LogP contribution in [0.2, 0.25) is 0 Å². The lowest BCUT2D eigenvalue weighted by atomic mass is 9.77. The lowest BCUT2D eigenvalue weighted by Crippen LogP contribution is -2.61. The largest absolute Gasteiger partial charge is 0.459 e. The average Bonchev–Trinajstić information content (AvgIpc) is 3.99. The standard InChI is InChI=1S/C51H83BrN6O13/c1-14-40-51(10,64)44(60)32(6)57(12)25-28(2)23-49(8,63)46(30(4)43(31(5)47(62)68-40)69-41-24-50(9,65-13)45(61)33(7)67-41)70-48-42(59)39(21-29(3)66-48)56(11)20-19-36-26-58(55-53-36)27-37-22-38(54-71-37)34-15-17-35(52)18-16-34/h15-18,26,28-33,37,39-46,48,59-61,63-64H,14,19-25,27H2,1-13H3/t28-,29-,30+,31-,32-,33+,37-,39+,40-,41+,42-,43+,44-,45+,46-,48+,49-,50-,51-/m1/s1. The zero-order valence-corrected chi connectivity index (χ0v) is 45.6. The van der Waals surface area contributed by atoms with Crippen molar-refractivity contribution in [2.75, 3.05) is 34.3 Å². The smallest absolute Gasteiger partial charge is 0.311 e. The predicted octanol–water partition coefficient (Wildman–Crippen LogP) is 4.06. The molecule has 0 spiro atoms. The zero-order chi connectivity index (χ0) is 52.3. The maximum absolute atomic E-state index is 14.5. The minimum absolute atomic E-state index is 0.103. The number of likely N-dealkylation sites (N-methyl/N-ethyl adjacent to an activating group) is 2. The summed E-state index contributed by atoms with van der Waals surface area (Å²) in [4.78, 5) is 24.2. The van der Waals surface area contributed by atoms with E-state index in [1.54, 1.807) is 46.2 Å². The van der Waals surface area contributed by atoms with Crippen LogP contribution in [0.3, 0.4) is 0 Å². The van der Waals surface area contributed by atoms with Gasteiger partial charge in [-0.15, -0.1) is 5.10 Å². The Morgan fingerprint density at radius 2 is 1.66 bits per heavy atom. The molecule has 0 unspecified atom stereocenters. The number of methoxy groups -OCH3 is 1. The number of ether oxygens (including phenoxy) is 6. The maximum atomic E-state index is 14.5. The van der Waals surface area contributed by atoms with Gasteiger partial charge in [-0.3, -0.25) is 4.79 Å². The number of rotatable bonds is 13. The maximum Gasteiger partial charge on any atom is 0.311 e. The highest BCUT2D eigenvalue weighted by molar-refractivity contribution is 9.10. The van der Waals surface area contributed by atoms with E-state index < -0.39 is 102 Å². The molecule has 6 rings (SSSR count). The molecule has 2 aromatic rings. The van der Waals surface area contributed by atoms with E-state index in [0.29, 0.717) is 38.9 Å². The fourth-order valence-electron chi connectivity index (χ4n) is 11.2. The summed E-state index contributed by atoms with van der Waals surface area (Å²) in [7, 11) is 5.29. The number of esters is 1. The molecule has 5 N–H and O–H groups in total. The van der Waals surface area contributed by atoms with Crippen molar-refractivity contribution in [2.45, 2.75) is 211 Å². The SMILES string of the molecule is CC[C@H]1OC(=O)[C@H](C)[C@@H](O[C@H]2C[C@@](C)(OC)[C@@H](O)[C@H](C)O2)[C@H](C)[C@@H](O[C@@H]2O[C@H](C)C[C@H](N(C)CCc3cn(C[C@H]4CC(c5ccc(Br)cc5)=NO4)nn3)[C@H]2O)[C@](C)(O)C[C@@H](C)CN(C)[C@H](C)[C@@H](O)[C@]1(C)O. The van der Waals surface area contributed by atoms with Gasteiger partial charge in [0, 0.05) is 68.1 Å². The number of nitrogens with zero attached hydrogens (tertiary/aromatic N) is 6. The first-order valence-electron chi connectivity index (χ1n) is 25.4. The molecule has 5 heterocycles. The second-order valence-electron chi connectivity index (χ2n) is 21.8. The summed E-state index contributed by atoms with van der Waals surface area (Å²) in [6.45, 7) is 19.0. The van der Waals surface area contributed by atoms with Crippen molar-refractivity contribution in [3.8, 4) is 0 Å². The van der Waals surface area contributed by atoms with Crippen molar-refractivity contribution in [1.29, 1.82) is 0 Å². The summed E-state index contributed by atoms with van der Waals surface area (Å²) in [5.41, 5.74) is -1.85. The Morgan fingerprint density at radius 3 is 2.32 bits per heavy atom. The van der Waals surface area contributed by atoms with Gasteiger partial charge in [0.15, 0.2) is 18.7 Å². The minimum atomic E-state index is -1.83. The Labute approximate surface area is 428 Å². The number of benzene rings is 1. The van der Waals surface area contributed by atoms with Crippen LogP contribution in [-0.2, 0) is 51.0 Å². The Morgan fingerprint density at radius 1 is 0.972 bits per heavy atom. The van der Waals surface area contributed by atoms with Crippen molar-refractivity contribution in [1.82, 2.24) is 24.8 Å². The molecule has 3 saturated heterocycles. The highest BCUT2D eigenvalue weighted by atomic mass is 79.9. The van der Waals surface area contributed by atoms with Gasteiger partial charge in [0.1, 0.15) is 30.0 Å². The van der Waals surface area contributed by atoms with Crippen LogP contribution in [0, 0.1) is 17.8 Å². The highest BCUT2D eigenvalue weighted by Gasteiger charge is 2.53. The van der Waals surface area contributed by atoms with Gasteiger partial charge in [-0.25, -0.2) is 4.68 Å². The van der Waals surface area contributed by atoms with E-state index in [1.807, 2.05) is 70.2 Å². The number of aliphatic hydroxyl groups is 5. The topological polar surface area (TPSA) is 232 Å². The van der Waals surface area contributed by atoms with Crippen LogP contribution in [0.1, 0.15) is 113 Å². The van der Waals surface area contributed by atoms with Crippen molar-refractivity contribution in [3.05, 3.63) is 46.2 Å². The molecule has 402 valence electrons. The monoisotopic (exact) mass is 1070 g/mol. The van der Waals surface area contributed by atoms with E-state index >= 15 is 0 Å². The van der Waals surface area contributed by atoms with Gasteiger partial charge in [-0.2, -0.15) is 0 Å². The summed E-state index contributed by atoms with van der Waals surface area (Å²) < 4.78 is 41.1. The Bertz CT molecular complexity index is 2060. The molecule has 0 radical (unpaired) electrons. The van der Waals surface area contributed by atoms with Crippen LogP contribution >= 0.6 is 15.9 Å². The van der Waals surface area contributed by atoms with E-state index in [2.05, 4.69) is 36.3 Å². The number of carbonyl (C=O) groups is 1. The Kier molecular flexibility index (Phi) is 19.4. The molecule has 19 atom stereocenters. The van der Waals surface area contributed by atoms with Gasteiger partial charge < -0.3 is 68.6 Å². The molecule has 0 amide bonds. The van der Waals surface area contributed by atoms with Crippen LogP contribution in [0.4, 0.5) is 0 Å². The number of cyclic esters (lactones) is 1. The van der Waals surface area contributed by atoms with E-state index in [1.165, 1.54) is 14.0 Å². The van der Waals surface area contributed by atoms with E-state index in [0.717, 1.165) is 21.4 Å². The number of carbonyl (C=O) groups excluding carboxylic acids is 1. The lowest BCUT2D eigenvalue weighted by Gasteiger charge is -2.49. The summed E-state index contributed by atoms with van der Waals surface area (Å²) in [5, 5.41) is 72.8. The van der Waals surface area contributed by atoms with Gasteiger partial charge in [0.2, 0.25) is 0 Å². The number of aromatic nitrogens is 3. The van der Waals surface area contributed by atoms with Crippen LogP contribution < -0.4 is 0 Å². The molecular formula is C51H83BrN6O13. The van der Waals surface area contributed by atoms with E-state index in [9.17, 15) is 30.3 Å². The van der Waals surface area contributed by atoms with Crippen molar-refractivity contribution < 1.29 is 63.6 Å². The molecule has 1 aromatic carbocycles. The second kappa shape index (κ2) is 23.9. The first-order valence-corrected chi connectivity index (χ1v) is 26.2. The molecule has 1 aromatic heterocycles. The predicted molar refractivity (Wildman–Crippen MR) is 267 cm³/mol. The summed E-state index contributed by atoms with van der Waals surface area (Å²) in [5.74, 6) is -2.77. The van der Waals surface area contributed by atoms with Gasteiger partial charge in [0.05, 0.1) is 59.5 Å². The first kappa shape index (κ1) is 57.6. The molecular weight excluding hydrogens is 984 g/mol.